The topological polar surface area (TPSA) is 65.2 Å². The van der Waals surface area contributed by atoms with Crippen molar-refractivity contribution in [3.63, 3.8) is 0 Å². The Morgan fingerprint density at radius 2 is 1.89 bits per heavy atom. The molecule has 1 aromatic carbocycles. The summed E-state index contributed by atoms with van der Waals surface area (Å²) in [5.41, 5.74) is 4.12. The van der Waals surface area contributed by atoms with Crippen LogP contribution in [0.25, 0.3) is 11.5 Å². The average Bonchev–Trinajstić information content (AvgIpc) is 2.77. The number of esters is 1. The van der Waals surface area contributed by atoms with E-state index >= 15 is 0 Å². The number of aromatic nitrogens is 2. The number of rotatable bonds is 3. The predicted molar refractivity (Wildman–Crippen MR) is 69.9 cm³/mol. The third kappa shape index (κ3) is 2.65. The van der Waals surface area contributed by atoms with Gasteiger partial charge in [0.25, 0.3) is 11.7 Å². The monoisotopic (exact) mass is 260 g/mol. The highest BCUT2D eigenvalue weighted by atomic mass is 16.5. The van der Waals surface area contributed by atoms with E-state index in [1.165, 1.54) is 5.56 Å². The second-order valence-corrected chi connectivity index (χ2v) is 4.42. The maximum atomic E-state index is 11.5. The van der Waals surface area contributed by atoms with Gasteiger partial charge in [0, 0.05) is 5.56 Å². The number of benzene rings is 1. The quantitative estimate of drug-likeness (QED) is 0.794. The van der Waals surface area contributed by atoms with Gasteiger partial charge in [0.1, 0.15) is 0 Å². The van der Waals surface area contributed by atoms with Gasteiger partial charge in [-0.1, -0.05) is 17.7 Å². The summed E-state index contributed by atoms with van der Waals surface area (Å²) < 4.78 is 9.99. The van der Waals surface area contributed by atoms with Gasteiger partial charge in [-0.05, 0) is 44.0 Å². The largest absolute Gasteiger partial charge is 0.460 e. The molecule has 1 heterocycles. The lowest BCUT2D eigenvalue weighted by molar-refractivity contribution is 0.0508. The number of ether oxygens (including phenoxy) is 1. The second-order valence-electron chi connectivity index (χ2n) is 4.42. The molecule has 0 saturated heterocycles. The van der Waals surface area contributed by atoms with E-state index in [1.54, 1.807) is 6.92 Å². The van der Waals surface area contributed by atoms with Crippen LogP contribution in [0.15, 0.2) is 16.7 Å². The van der Waals surface area contributed by atoms with E-state index in [0.717, 1.165) is 16.7 Å². The van der Waals surface area contributed by atoms with E-state index in [4.69, 9.17) is 9.26 Å². The fraction of sp³-hybridized carbons (Fsp3) is 0.357. The van der Waals surface area contributed by atoms with Crippen LogP contribution in [-0.2, 0) is 4.74 Å². The molecular formula is C14H16N2O3. The average molecular weight is 260 g/mol. The van der Waals surface area contributed by atoms with Crippen molar-refractivity contribution in [2.45, 2.75) is 27.7 Å². The summed E-state index contributed by atoms with van der Waals surface area (Å²) in [7, 11) is 0. The minimum Gasteiger partial charge on any atom is -0.460 e. The van der Waals surface area contributed by atoms with Gasteiger partial charge in [0.15, 0.2) is 0 Å². The molecule has 0 fully saturated rings. The Morgan fingerprint density at radius 1 is 1.26 bits per heavy atom. The molecule has 0 aliphatic heterocycles. The van der Waals surface area contributed by atoms with Crippen LogP contribution in [-0.4, -0.2) is 22.7 Å². The van der Waals surface area contributed by atoms with Crippen LogP contribution in [0.1, 0.15) is 34.2 Å². The van der Waals surface area contributed by atoms with Crippen LogP contribution < -0.4 is 0 Å². The summed E-state index contributed by atoms with van der Waals surface area (Å²) in [6, 6.07) is 4.08. The van der Waals surface area contributed by atoms with E-state index in [0.29, 0.717) is 5.89 Å². The van der Waals surface area contributed by atoms with Crippen LogP contribution >= 0.6 is 0 Å². The Kier molecular flexibility index (Phi) is 3.64. The molecule has 0 radical (unpaired) electrons. The molecule has 5 nitrogen and oxygen atoms in total. The first-order chi connectivity index (χ1) is 9.02. The SMILES string of the molecule is CCOC(=O)c1noc(-c2c(C)cc(C)cc2C)n1. The number of carbonyl (C=O) groups is 1. The van der Waals surface area contributed by atoms with Gasteiger partial charge in [0.2, 0.25) is 0 Å². The molecule has 19 heavy (non-hydrogen) atoms. The lowest BCUT2D eigenvalue weighted by atomic mass is 10.00. The molecule has 0 spiro atoms. The molecule has 0 atom stereocenters. The van der Waals surface area contributed by atoms with E-state index in [2.05, 4.69) is 10.1 Å². The molecule has 0 bridgehead atoms. The van der Waals surface area contributed by atoms with Gasteiger partial charge in [-0.3, -0.25) is 0 Å². The maximum absolute atomic E-state index is 11.5. The Labute approximate surface area is 111 Å². The van der Waals surface area contributed by atoms with Crippen molar-refractivity contribution in [2.75, 3.05) is 6.61 Å². The van der Waals surface area contributed by atoms with Gasteiger partial charge in [-0.25, -0.2) is 4.79 Å². The minimum absolute atomic E-state index is 0.0452. The van der Waals surface area contributed by atoms with E-state index in [1.807, 2.05) is 32.9 Å². The minimum atomic E-state index is -0.570. The molecule has 2 aromatic rings. The summed E-state index contributed by atoms with van der Waals surface area (Å²) in [5, 5.41) is 3.66. The Hall–Kier alpha value is -2.17. The fourth-order valence-electron chi connectivity index (χ4n) is 2.12. The van der Waals surface area contributed by atoms with Crippen molar-refractivity contribution in [2.24, 2.45) is 0 Å². The number of nitrogens with zero attached hydrogens (tertiary/aromatic N) is 2. The third-order valence-corrected chi connectivity index (χ3v) is 2.77. The molecule has 0 unspecified atom stereocenters. The first kappa shape index (κ1) is 13.3. The highest BCUT2D eigenvalue weighted by Crippen LogP contribution is 2.26. The van der Waals surface area contributed by atoms with Crippen LogP contribution in [0, 0.1) is 20.8 Å². The predicted octanol–water partition coefficient (Wildman–Crippen LogP) is 2.84. The Balaban J connectivity index is 2.41. The normalized spacial score (nSPS) is 10.5. The molecule has 0 saturated carbocycles. The molecule has 0 aliphatic rings. The standard InChI is InChI=1S/C14H16N2O3/c1-5-18-14(17)12-15-13(19-16-12)11-9(3)6-8(2)7-10(11)4/h6-7H,5H2,1-4H3. The van der Waals surface area contributed by atoms with Crippen LogP contribution in [0.2, 0.25) is 0 Å². The van der Waals surface area contributed by atoms with Gasteiger partial charge >= 0.3 is 5.97 Å². The smallest absolute Gasteiger partial charge is 0.379 e. The van der Waals surface area contributed by atoms with Crippen LogP contribution in [0.3, 0.4) is 0 Å². The van der Waals surface area contributed by atoms with E-state index < -0.39 is 5.97 Å². The van der Waals surface area contributed by atoms with Gasteiger partial charge in [-0.2, -0.15) is 4.98 Å². The molecular weight excluding hydrogens is 244 g/mol. The molecule has 100 valence electrons. The number of carbonyl (C=O) groups excluding carboxylic acids is 1. The van der Waals surface area contributed by atoms with Crippen molar-refractivity contribution in [3.8, 4) is 11.5 Å². The van der Waals surface area contributed by atoms with Gasteiger partial charge in [0.05, 0.1) is 6.61 Å². The summed E-state index contributed by atoms with van der Waals surface area (Å²) in [6.45, 7) is 7.99. The van der Waals surface area contributed by atoms with Crippen LogP contribution in [0.5, 0.6) is 0 Å². The third-order valence-electron chi connectivity index (χ3n) is 2.77. The Bertz CT molecular complexity index is 594. The maximum Gasteiger partial charge on any atom is 0.379 e. The zero-order chi connectivity index (χ0) is 14.0. The fourth-order valence-corrected chi connectivity index (χ4v) is 2.12. The molecule has 0 N–H and O–H groups in total. The van der Waals surface area contributed by atoms with E-state index in [-0.39, 0.29) is 12.4 Å². The number of hydrogen-bond donors (Lipinski definition) is 0. The summed E-state index contributed by atoms with van der Waals surface area (Å²) in [6.07, 6.45) is 0. The first-order valence-corrected chi connectivity index (χ1v) is 6.12. The molecule has 5 heteroatoms. The van der Waals surface area contributed by atoms with Crippen molar-refractivity contribution < 1.29 is 14.1 Å². The highest BCUT2D eigenvalue weighted by molar-refractivity contribution is 5.85. The van der Waals surface area contributed by atoms with Crippen molar-refractivity contribution >= 4 is 5.97 Å². The first-order valence-electron chi connectivity index (χ1n) is 6.12. The van der Waals surface area contributed by atoms with Crippen molar-refractivity contribution in [1.82, 2.24) is 10.1 Å². The number of hydrogen-bond acceptors (Lipinski definition) is 5. The Morgan fingerprint density at radius 3 is 2.47 bits per heavy atom. The highest BCUT2D eigenvalue weighted by Gasteiger charge is 2.19. The van der Waals surface area contributed by atoms with Crippen LogP contribution in [0.4, 0.5) is 0 Å². The van der Waals surface area contributed by atoms with Crippen molar-refractivity contribution in [1.29, 1.82) is 0 Å². The molecule has 0 amide bonds. The second kappa shape index (κ2) is 5.22. The number of aryl methyl sites for hydroxylation is 3. The summed E-state index contributed by atoms with van der Waals surface area (Å²) in [5.74, 6) is -0.269. The van der Waals surface area contributed by atoms with Gasteiger partial charge < -0.3 is 9.26 Å². The molecule has 0 aliphatic carbocycles. The lowest BCUT2D eigenvalue weighted by Gasteiger charge is -2.06. The van der Waals surface area contributed by atoms with E-state index in [9.17, 15) is 4.79 Å². The lowest BCUT2D eigenvalue weighted by Crippen LogP contribution is -2.06. The zero-order valence-corrected chi connectivity index (χ0v) is 11.5. The molecule has 2 rings (SSSR count). The van der Waals surface area contributed by atoms with Crippen molar-refractivity contribution in [3.05, 3.63) is 34.6 Å². The molecule has 1 aromatic heterocycles. The summed E-state index contributed by atoms with van der Waals surface area (Å²) in [4.78, 5) is 15.6. The summed E-state index contributed by atoms with van der Waals surface area (Å²) >= 11 is 0. The van der Waals surface area contributed by atoms with Gasteiger partial charge in [-0.15, -0.1) is 0 Å². The zero-order valence-electron chi connectivity index (χ0n) is 11.5.